The van der Waals surface area contributed by atoms with Crippen molar-refractivity contribution in [3.8, 4) is 0 Å². The lowest BCUT2D eigenvalue weighted by Crippen LogP contribution is -2.61. The number of urea groups is 1. The number of carbonyl (C=O) groups excluding carboxylic acids is 1. The van der Waals surface area contributed by atoms with Crippen LogP contribution in [-0.4, -0.2) is 25.2 Å². The number of hydrogen-bond donors (Lipinski definition) is 2. The fourth-order valence-corrected chi connectivity index (χ4v) is 6.23. The number of rotatable bonds is 5. The van der Waals surface area contributed by atoms with Gasteiger partial charge in [0.2, 0.25) is 0 Å². The predicted molar refractivity (Wildman–Crippen MR) is 91.5 cm³/mol. The highest BCUT2D eigenvalue weighted by Crippen LogP contribution is 2.55. The molecule has 1 heterocycles. The Bertz CT molecular complexity index is 522. The van der Waals surface area contributed by atoms with Crippen LogP contribution in [0.2, 0.25) is 0 Å². The number of amides is 2. The van der Waals surface area contributed by atoms with Crippen LogP contribution in [-0.2, 0) is 4.74 Å². The molecule has 1 aromatic heterocycles. The van der Waals surface area contributed by atoms with Gasteiger partial charge in [0.05, 0.1) is 0 Å². The van der Waals surface area contributed by atoms with E-state index in [4.69, 9.17) is 4.74 Å². The summed E-state index contributed by atoms with van der Waals surface area (Å²) in [6.07, 6.45) is 7.68. The second-order valence-corrected chi connectivity index (χ2v) is 8.59. The summed E-state index contributed by atoms with van der Waals surface area (Å²) in [7, 11) is 1.70. The van der Waals surface area contributed by atoms with Crippen LogP contribution < -0.4 is 10.6 Å². The summed E-state index contributed by atoms with van der Waals surface area (Å²) in [6, 6.07) is 2.03. The molecule has 4 aliphatic rings. The van der Waals surface area contributed by atoms with Gasteiger partial charge in [-0.25, -0.2) is 4.79 Å². The van der Waals surface area contributed by atoms with Gasteiger partial charge in [-0.05, 0) is 78.7 Å². The van der Waals surface area contributed by atoms with Crippen molar-refractivity contribution in [3.63, 3.8) is 0 Å². The van der Waals surface area contributed by atoms with Crippen LogP contribution in [0.3, 0.4) is 0 Å². The Balaban J connectivity index is 1.33. The van der Waals surface area contributed by atoms with Gasteiger partial charge in [0.25, 0.3) is 0 Å². The number of nitrogens with one attached hydrogen (secondary N) is 2. The number of methoxy groups -OCH3 is 1. The molecule has 1 unspecified atom stereocenters. The second kappa shape index (κ2) is 6.10. The highest BCUT2D eigenvalue weighted by molar-refractivity contribution is 7.07. The van der Waals surface area contributed by atoms with Gasteiger partial charge in [-0.2, -0.15) is 11.3 Å². The summed E-state index contributed by atoms with van der Waals surface area (Å²) in [5, 5.41) is 10.5. The largest absolute Gasteiger partial charge is 0.375 e. The van der Waals surface area contributed by atoms with E-state index in [9.17, 15) is 4.79 Å². The molecule has 4 bridgehead atoms. The molecule has 0 spiro atoms. The summed E-state index contributed by atoms with van der Waals surface area (Å²) >= 11 is 1.65. The molecule has 1 atom stereocenters. The van der Waals surface area contributed by atoms with Gasteiger partial charge in [0.15, 0.2) is 0 Å². The van der Waals surface area contributed by atoms with Gasteiger partial charge < -0.3 is 15.4 Å². The smallest absolute Gasteiger partial charge is 0.315 e. The normalized spacial score (nSPS) is 36.0. The van der Waals surface area contributed by atoms with Crippen LogP contribution in [0, 0.1) is 17.8 Å². The molecular formula is C18H26N2O2S. The zero-order valence-electron chi connectivity index (χ0n) is 13.7. The molecule has 23 heavy (non-hydrogen) atoms. The Labute approximate surface area is 142 Å². The van der Waals surface area contributed by atoms with Crippen molar-refractivity contribution in [2.75, 3.05) is 13.7 Å². The topological polar surface area (TPSA) is 50.4 Å². The molecule has 0 saturated heterocycles. The Morgan fingerprint density at radius 2 is 1.96 bits per heavy atom. The first kappa shape index (κ1) is 15.5. The number of thiophene rings is 1. The van der Waals surface area contributed by atoms with Crippen LogP contribution in [0.1, 0.15) is 50.2 Å². The standard InChI is InChI=1S/C18H26N2O2S/c1-22-16(15-2-3-23-11-15)10-19-17(21)20-18-7-12-4-13(8-18)6-14(5-12)9-18/h2-3,11-14,16H,4-10H2,1H3,(H2,19,20,21). The molecule has 0 aliphatic heterocycles. The SMILES string of the molecule is COC(CNC(=O)NC12CC3CC(CC(C3)C1)C2)c1ccsc1. The van der Waals surface area contributed by atoms with E-state index in [2.05, 4.69) is 22.1 Å². The van der Waals surface area contributed by atoms with Crippen LogP contribution in [0.25, 0.3) is 0 Å². The van der Waals surface area contributed by atoms with Crippen LogP contribution in [0.4, 0.5) is 4.79 Å². The van der Waals surface area contributed by atoms with Crippen molar-refractivity contribution in [2.45, 2.75) is 50.2 Å². The molecule has 2 N–H and O–H groups in total. The lowest BCUT2D eigenvalue weighted by molar-refractivity contribution is -0.0137. The highest BCUT2D eigenvalue weighted by Gasteiger charge is 2.51. The zero-order valence-corrected chi connectivity index (χ0v) is 14.5. The van der Waals surface area contributed by atoms with Crippen molar-refractivity contribution in [1.82, 2.24) is 10.6 Å². The van der Waals surface area contributed by atoms with E-state index in [1.807, 2.05) is 5.38 Å². The molecular weight excluding hydrogens is 308 g/mol. The van der Waals surface area contributed by atoms with Gasteiger partial charge in [0, 0.05) is 19.2 Å². The van der Waals surface area contributed by atoms with E-state index in [-0.39, 0.29) is 17.7 Å². The average molecular weight is 334 g/mol. The number of carbonyl (C=O) groups is 1. The van der Waals surface area contributed by atoms with E-state index in [0.29, 0.717) is 6.54 Å². The third kappa shape index (κ3) is 3.13. The van der Waals surface area contributed by atoms with E-state index in [1.54, 1.807) is 18.4 Å². The summed E-state index contributed by atoms with van der Waals surface area (Å²) in [5.41, 5.74) is 1.21. The maximum atomic E-state index is 12.4. The third-order valence-corrected chi connectivity index (χ3v) is 6.77. The quantitative estimate of drug-likeness (QED) is 0.862. The maximum Gasteiger partial charge on any atom is 0.315 e. The molecule has 1 aromatic rings. The van der Waals surface area contributed by atoms with E-state index < -0.39 is 0 Å². The van der Waals surface area contributed by atoms with Crippen molar-refractivity contribution in [3.05, 3.63) is 22.4 Å². The molecule has 4 aliphatic carbocycles. The molecule has 0 radical (unpaired) electrons. The summed E-state index contributed by atoms with van der Waals surface area (Å²) in [5.74, 6) is 2.54. The number of ether oxygens (including phenoxy) is 1. The first-order valence-electron chi connectivity index (χ1n) is 8.77. The Kier molecular flexibility index (Phi) is 4.10. The van der Waals surface area contributed by atoms with Crippen LogP contribution in [0.5, 0.6) is 0 Å². The van der Waals surface area contributed by atoms with Crippen LogP contribution in [0.15, 0.2) is 16.8 Å². The minimum Gasteiger partial charge on any atom is -0.375 e. The minimum atomic E-state index is -0.0663. The molecule has 4 saturated carbocycles. The lowest BCUT2D eigenvalue weighted by atomic mass is 9.53. The minimum absolute atomic E-state index is 0.0239. The first-order chi connectivity index (χ1) is 11.2. The van der Waals surface area contributed by atoms with E-state index in [1.165, 1.54) is 38.5 Å². The van der Waals surface area contributed by atoms with Gasteiger partial charge in [-0.1, -0.05) is 0 Å². The van der Waals surface area contributed by atoms with Gasteiger partial charge in [-0.3, -0.25) is 0 Å². The van der Waals surface area contributed by atoms with Crippen molar-refractivity contribution in [1.29, 1.82) is 0 Å². The predicted octanol–water partition coefficient (Wildman–Crippen LogP) is 3.70. The highest BCUT2D eigenvalue weighted by atomic mass is 32.1. The third-order valence-electron chi connectivity index (χ3n) is 6.06. The molecule has 126 valence electrons. The molecule has 5 heteroatoms. The van der Waals surface area contributed by atoms with Crippen molar-refractivity contribution < 1.29 is 9.53 Å². The van der Waals surface area contributed by atoms with Crippen LogP contribution >= 0.6 is 11.3 Å². The zero-order chi connectivity index (χ0) is 15.9. The fourth-order valence-electron chi connectivity index (χ4n) is 5.53. The van der Waals surface area contributed by atoms with Gasteiger partial charge in [0.1, 0.15) is 6.10 Å². The summed E-state index contributed by atoms with van der Waals surface area (Å²) < 4.78 is 5.50. The van der Waals surface area contributed by atoms with E-state index in [0.717, 1.165) is 23.3 Å². The van der Waals surface area contributed by atoms with E-state index >= 15 is 0 Å². The van der Waals surface area contributed by atoms with Gasteiger partial charge >= 0.3 is 6.03 Å². The molecule has 5 rings (SSSR count). The van der Waals surface area contributed by atoms with Crippen molar-refractivity contribution in [2.24, 2.45) is 17.8 Å². The van der Waals surface area contributed by atoms with Gasteiger partial charge in [-0.15, -0.1) is 0 Å². The lowest BCUT2D eigenvalue weighted by Gasteiger charge is -2.56. The molecule has 0 aromatic carbocycles. The Hall–Kier alpha value is -1.07. The Morgan fingerprint density at radius 3 is 2.48 bits per heavy atom. The molecule has 4 fully saturated rings. The fraction of sp³-hybridized carbons (Fsp3) is 0.722. The molecule has 4 nitrogen and oxygen atoms in total. The monoisotopic (exact) mass is 334 g/mol. The summed E-state index contributed by atoms with van der Waals surface area (Å²) in [6.45, 7) is 0.519. The second-order valence-electron chi connectivity index (χ2n) is 7.81. The number of hydrogen-bond acceptors (Lipinski definition) is 3. The summed E-state index contributed by atoms with van der Waals surface area (Å²) in [4.78, 5) is 12.4. The maximum absolute atomic E-state index is 12.4. The van der Waals surface area contributed by atoms with Crippen molar-refractivity contribution >= 4 is 17.4 Å². The first-order valence-corrected chi connectivity index (χ1v) is 9.71. The average Bonchev–Trinajstić information content (AvgIpc) is 3.00. The Morgan fingerprint density at radius 1 is 1.30 bits per heavy atom. The molecule has 2 amide bonds.